The van der Waals surface area contributed by atoms with Gasteiger partial charge in [0, 0.05) is 13.1 Å². The topological polar surface area (TPSA) is 95.9 Å². The van der Waals surface area contributed by atoms with Crippen molar-refractivity contribution in [2.24, 2.45) is 11.8 Å². The third-order valence-corrected chi connectivity index (χ3v) is 2.85. The summed E-state index contributed by atoms with van der Waals surface area (Å²) in [5.41, 5.74) is -0.726. The molecule has 0 saturated heterocycles. The quantitative estimate of drug-likeness (QED) is 0.705. The van der Waals surface area contributed by atoms with E-state index in [-0.39, 0.29) is 11.8 Å². The minimum Gasteiger partial charge on any atom is -0.481 e. The minimum atomic E-state index is -1.15. The molecular weight excluding hydrogens is 312 g/mol. The number of nitrogens with zero attached hydrogens (tertiary/aromatic N) is 1. The van der Waals surface area contributed by atoms with Crippen molar-refractivity contribution in [2.45, 2.75) is 66.5 Å². The molecule has 0 heterocycles. The summed E-state index contributed by atoms with van der Waals surface area (Å²) < 4.78 is 5.13. The number of hydrogen-bond acceptors (Lipinski definition) is 4. The molecule has 7 heteroatoms. The van der Waals surface area contributed by atoms with Crippen LogP contribution < -0.4 is 5.32 Å². The minimum absolute atomic E-state index is 0.236. The Balaban J connectivity index is 5.19. The highest BCUT2D eigenvalue weighted by Gasteiger charge is 2.30. The first-order chi connectivity index (χ1) is 10.8. The van der Waals surface area contributed by atoms with Crippen LogP contribution in [-0.2, 0) is 14.3 Å². The SMILES string of the molecule is CC(C)CN(CC(C)C)C(=O)[C@H](CC(=O)O)NC(=O)OC(C)(C)C. The highest BCUT2D eigenvalue weighted by atomic mass is 16.6. The fraction of sp³-hybridized carbons (Fsp3) is 0.824. The van der Waals surface area contributed by atoms with E-state index in [1.54, 1.807) is 25.7 Å². The average Bonchev–Trinajstić information content (AvgIpc) is 2.32. The molecule has 140 valence electrons. The van der Waals surface area contributed by atoms with Crippen molar-refractivity contribution in [3.63, 3.8) is 0 Å². The Labute approximate surface area is 144 Å². The molecule has 24 heavy (non-hydrogen) atoms. The predicted molar refractivity (Wildman–Crippen MR) is 91.7 cm³/mol. The predicted octanol–water partition coefficient (Wildman–Crippen LogP) is 2.50. The molecule has 0 aliphatic rings. The van der Waals surface area contributed by atoms with Gasteiger partial charge in [-0.2, -0.15) is 0 Å². The van der Waals surface area contributed by atoms with Crippen LogP contribution in [0.15, 0.2) is 0 Å². The van der Waals surface area contributed by atoms with Crippen molar-refractivity contribution in [1.29, 1.82) is 0 Å². The number of aliphatic carboxylic acids is 1. The van der Waals surface area contributed by atoms with E-state index in [4.69, 9.17) is 9.84 Å². The van der Waals surface area contributed by atoms with E-state index in [0.717, 1.165) is 0 Å². The molecule has 0 aromatic rings. The van der Waals surface area contributed by atoms with Gasteiger partial charge >= 0.3 is 12.1 Å². The number of carbonyl (C=O) groups is 3. The largest absolute Gasteiger partial charge is 0.481 e. The number of carbonyl (C=O) groups excluding carboxylic acids is 2. The molecule has 0 radical (unpaired) electrons. The van der Waals surface area contributed by atoms with Crippen LogP contribution in [0.1, 0.15) is 54.9 Å². The van der Waals surface area contributed by atoms with Crippen molar-refractivity contribution < 1.29 is 24.2 Å². The zero-order valence-electron chi connectivity index (χ0n) is 15.9. The fourth-order valence-electron chi connectivity index (χ4n) is 2.18. The number of carboxylic acids is 1. The van der Waals surface area contributed by atoms with Crippen molar-refractivity contribution in [2.75, 3.05) is 13.1 Å². The molecule has 2 N–H and O–H groups in total. The second kappa shape index (κ2) is 9.49. The van der Waals surface area contributed by atoms with Gasteiger partial charge in [-0.25, -0.2) is 4.79 Å². The summed E-state index contributed by atoms with van der Waals surface area (Å²) in [5, 5.41) is 11.5. The maximum absolute atomic E-state index is 12.7. The van der Waals surface area contributed by atoms with Crippen molar-refractivity contribution >= 4 is 18.0 Å². The van der Waals surface area contributed by atoms with Crippen LogP contribution in [0.3, 0.4) is 0 Å². The molecule has 0 rings (SSSR count). The smallest absolute Gasteiger partial charge is 0.408 e. The van der Waals surface area contributed by atoms with Crippen LogP contribution in [0.4, 0.5) is 4.79 Å². The summed E-state index contributed by atoms with van der Waals surface area (Å²) >= 11 is 0. The van der Waals surface area contributed by atoms with Gasteiger partial charge in [-0.3, -0.25) is 9.59 Å². The van der Waals surface area contributed by atoms with Crippen LogP contribution in [0.2, 0.25) is 0 Å². The van der Waals surface area contributed by atoms with Gasteiger partial charge in [0.25, 0.3) is 0 Å². The second-order valence-corrected chi connectivity index (χ2v) is 7.83. The normalized spacial score (nSPS) is 12.9. The zero-order valence-corrected chi connectivity index (χ0v) is 15.9. The van der Waals surface area contributed by atoms with Crippen LogP contribution >= 0.6 is 0 Å². The Morgan fingerprint density at radius 1 is 1.04 bits per heavy atom. The standard InChI is InChI=1S/C17H32N2O5/c1-11(2)9-19(10-12(3)4)15(22)13(8-14(20)21)18-16(23)24-17(5,6)7/h11-13H,8-10H2,1-7H3,(H,18,23)(H,20,21)/t13-/m0/s1. The lowest BCUT2D eigenvalue weighted by Gasteiger charge is -2.30. The fourth-order valence-corrected chi connectivity index (χ4v) is 2.18. The van der Waals surface area contributed by atoms with Gasteiger partial charge in [0.15, 0.2) is 0 Å². The van der Waals surface area contributed by atoms with E-state index in [2.05, 4.69) is 5.32 Å². The Morgan fingerprint density at radius 3 is 1.83 bits per heavy atom. The Hall–Kier alpha value is -1.79. The number of carboxylic acid groups (broad SMARTS) is 1. The van der Waals surface area contributed by atoms with E-state index in [1.165, 1.54) is 0 Å². The lowest BCUT2D eigenvalue weighted by molar-refractivity contribution is -0.143. The number of amides is 2. The summed E-state index contributed by atoms with van der Waals surface area (Å²) in [5.74, 6) is -1.08. The van der Waals surface area contributed by atoms with Gasteiger partial charge in [0.05, 0.1) is 6.42 Å². The van der Waals surface area contributed by atoms with Crippen molar-refractivity contribution in [1.82, 2.24) is 10.2 Å². The Bertz CT molecular complexity index is 431. The van der Waals surface area contributed by atoms with Gasteiger partial charge in [0.2, 0.25) is 5.91 Å². The molecular formula is C17H32N2O5. The first-order valence-electron chi connectivity index (χ1n) is 8.32. The van der Waals surface area contributed by atoms with Gasteiger partial charge in [-0.05, 0) is 32.6 Å². The molecule has 0 bridgehead atoms. The Kier molecular flexibility index (Phi) is 8.78. The third-order valence-electron chi connectivity index (χ3n) is 2.85. The molecule has 7 nitrogen and oxygen atoms in total. The summed E-state index contributed by atoms with van der Waals surface area (Å²) in [6, 6.07) is -1.14. The van der Waals surface area contributed by atoms with Crippen LogP contribution in [0.5, 0.6) is 0 Å². The molecule has 0 fully saturated rings. The van der Waals surface area contributed by atoms with Crippen molar-refractivity contribution in [3.05, 3.63) is 0 Å². The van der Waals surface area contributed by atoms with Gasteiger partial charge < -0.3 is 20.1 Å². The first kappa shape index (κ1) is 22.2. The second-order valence-electron chi connectivity index (χ2n) is 7.83. The van der Waals surface area contributed by atoms with E-state index in [0.29, 0.717) is 13.1 Å². The summed E-state index contributed by atoms with van der Waals surface area (Å²) in [7, 11) is 0. The van der Waals surface area contributed by atoms with E-state index >= 15 is 0 Å². The van der Waals surface area contributed by atoms with Crippen LogP contribution in [0.25, 0.3) is 0 Å². The molecule has 0 saturated carbocycles. The monoisotopic (exact) mass is 344 g/mol. The maximum atomic E-state index is 12.7. The zero-order chi connectivity index (χ0) is 19.1. The molecule has 1 atom stereocenters. The van der Waals surface area contributed by atoms with Crippen molar-refractivity contribution in [3.8, 4) is 0 Å². The summed E-state index contributed by atoms with van der Waals surface area (Å²) in [6.07, 6.45) is -1.28. The number of hydrogen-bond donors (Lipinski definition) is 2. The van der Waals surface area contributed by atoms with E-state index < -0.39 is 36.0 Å². The van der Waals surface area contributed by atoms with Gasteiger partial charge in [-0.15, -0.1) is 0 Å². The average molecular weight is 344 g/mol. The molecule has 0 aromatic heterocycles. The Morgan fingerprint density at radius 2 is 1.50 bits per heavy atom. The molecule has 0 aliphatic carbocycles. The molecule has 0 spiro atoms. The maximum Gasteiger partial charge on any atom is 0.408 e. The first-order valence-corrected chi connectivity index (χ1v) is 8.32. The lowest BCUT2D eigenvalue weighted by Crippen LogP contribution is -2.52. The molecule has 0 aromatic carbocycles. The van der Waals surface area contributed by atoms with Gasteiger partial charge in [-0.1, -0.05) is 27.7 Å². The van der Waals surface area contributed by atoms with Crippen LogP contribution in [0, 0.1) is 11.8 Å². The summed E-state index contributed by atoms with van der Waals surface area (Å²) in [4.78, 5) is 37.4. The number of alkyl carbamates (subject to hydrolysis) is 1. The number of ether oxygens (including phenoxy) is 1. The number of nitrogens with one attached hydrogen (secondary N) is 1. The highest BCUT2D eigenvalue weighted by Crippen LogP contribution is 2.11. The van der Waals surface area contributed by atoms with E-state index in [9.17, 15) is 14.4 Å². The van der Waals surface area contributed by atoms with Crippen LogP contribution in [-0.4, -0.2) is 52.7 Å². The van der Waals surface area contributed by atoms with E-state index in [1.807, 2.05) is 27.7 Å². The molecule has 2 amide bonds. The lowest BCUT2D eigenvalue weighted by atomic mass is 10.1. The molecule has 0 aliphatic heterocycles. The van der Waals surface area contributed by atoms with Gasteiger partial charge in [0.1, 0.15) is 11.6 Å². The molecule has 0 unspecified atom stereocenters. The highest BCUT2D eigenvalue weighted by molar-refractivity contribution is 5.89. The summed E-state index contributed by atoms with van der Waals surface area (Å²) in [6.45, 7) is 14.0. The number of rotatable bonds is 8. The third kappa shape index (κ3) is 10.1.